The van der Waals surface area contributed by atoms with E-state index in [1.807, 2.05) is 0 Å². The molecule has 1 aliphatic rings. The quantitative estimate of drug-likeness (QED) is 0.759. The van der Waals surface area contributed by atoms with Crippen LogP contribution in [0.25, 0.3) is 0 Å². The van der Waals surface area contributed by atoms with Crippen LogP contribution in [-0.4, -0.2) is 24.6 Å². The van der Waals surface area contributed by atoms with Crippen molar-refractivity contribution in [3.8, 4) is 0 Å². The molecule has 0 amide bonds. The summed E-state index contributed by atoms with van der Waals surface area (Å²) in [6.07, 6.45) is 3.78. The molecule has 1 aliphatic carbocycles. The average molecular weight is 235 g/mol. The molecular weight excluding hydrogens is 218 g/mol. The van der Waals surface area contributed by atoms with Crippen LogP contribution in [-0.2, 0) is 4.74 Å². The number of carbonyl (C=O) groups is 1. The minimum absolute atomic E-state index is 0.274. The highest BCUT2D eigenvalue weighted by Crippen LogP contribution is 2.32. The maximum atomic E-state index is 11.3. The zero-order valence-electron chi connectivity index (χ0n) is 9.90. The maximum Gasteiger partial charge on any atom is 0.356 e. The summed E-state index contributed by atoms with van der Waals surface area (Å²) in [5.41, 5.74) is 6.61. The number of hydrogen-bond donors (Lipinski definition) is 2. The Morgan fingerprint density at radius 2 is 2.35 bits per heavy atom. The van der Waals surface area contributed by atoms with Crippen molar-refractivity contribution in [2.24, 2.45) is 5.92 Å². The van der Waals surface area contributed by atoms with Gasteiger partial charge in [0.05, 0.1) is 12.8 Å². The molecule has 0 bridgehead atoms. The van der Waals surface area contributed by atoms with E-state index in [0.29, 0.717) is 11.5 Å². The fourth-order valence-electron chi connectivity index (χ4n) is 1.63. The van der Waals surface area contributed by atoms with Gasteiger partial charge >= 0.3 is 5.97 Å². The highest BCUT2D eigenvalue weighted by molar-refractivity contribution is 5.88. The third kappa shape index (κ3) is 3.09. The lowest BCUT2D eigenvalue weighted by Gasteiger charge is -2.09. The predicted octanol–water partition coefficient (Wildman–Crippen LogP) is 1.66. The van der Waals surface area contributed by atoms with E-state index in [-0.39, 0.29) is 5.69 Å². The Morgan fingerprint density at radius 1 is 1.59 bits per heavy atom. The molecule has 0 spiro atoms. The summed E-state index contributed by atoms with van der Waals surface area (Å²) in [5.74, 6) is 0.969. The topological polar surface area (TPSA) is 77.2 Å². The molecule has 0 atom stereocenters. The van der Waals surface area contributed by atoms with E-state index in [4.69, 9.17) is 5.73 Å². The van der Waals surface area contributed by atoms with Crippen LogP contribution in [0.15, 0.2) is 12.1 Å². The summed E-state index contributed by atoms with van der Waals surface area (Å²) in [4.78, 5) is 15.5. The van der Waals surface area contributed by atoms with Crippen LogP contribution in [0.1, 0.15) is 29.8 Å². The van der Waals surface area contributed by atoms with Crippen LogP contribution in [0.3, 0.4) is 0 Å². The van der Waals surface area contributed by atoms with Crippen molar-refractivity contribution in [3.05, 3.63) is 17.8 Å². The lowest BCUT2D eigenvalue weighted by atomic mass is 10.3. The maximum absolute atomic E-state index is 11.3. The summed E-state index contributed by atoms with van der Waals surface area (Å²) >= 11 is 0. The first-order valence-corrected chi connectivity index (χ1v) is 5.79. The second-order valence-corrected chi connectivity index (χ2v) is 4.28. The van der Waals surface area contributed by atoms with Gasteiger partial charge in [-0.1, -0.05) is 12.8 Å². The zero-order chi connectivity index (χ0) is 12.3. The van der Waals surface area contributed by atoms with Crippen molar-refractivity contribution in [3.63, 3.8) is 0 Å². The first-order valence-electron chi connectivity index (χ1n) is 5.79. The zero-order valence-corrected chi connectivity index (χ0v) is 9.90. The van der Waals surface area contributed by atoms with Crippen molar-refractivity contribution in [1.29, 1.82) is 0 Å². The molecule has 5 nitrogen and oxygen atoms in total. The summed E-state index contributed by atoms with van der Waals surface area (Å²) in [5, 5.41) is 3.16. The van der Waals surface area contributed by atoms with Crippen LogP contribution >= 0.6 is 0 Å². The van der Waals surface area contributed by atoms with Gasteiger partial charge in [-0.15, -0.1) is 0 Å². The van der Waals surface area contributed by atoms with Crippen LogP contribution < -0.4 is 11.1 Å². The Hall–Kier alpha value is -1.78. The molecule has 0 radical (unpaired) electrons. The number of methoxy groups -OCH3 is 1. The number of pyridine rings is 1. The smallest absolute Gasteiger partial charge is 0.356 e. The number of carbonyl (C=O) groups excluding carboxylic acids is 1. The molecule has 1 fully saturated rings. The molecule has 0 aromatic carbocycles. The molecule has 0 unspecified atom stereocenters. The average Bonchev–Trinajstić information content (AvgIpc) is 3.14. The molecule has 2 rings (SSSR count). The molecule has 0 saturated heterocycles. The van der Waals surface area contributed by atoms with Crippen LogP contribution in [0.4, 0.5) is 11.5 Å². The van der Waals surface area contributed by atoms with E-state index in [9.17, 15) is 4.79 Å². The number of esters is 1. The first-order chi connectivity index (χ1) is 8.20. The van der Waals surface area contributed by atoms with Crippen LogP contribution in [0.2, 0.25) is 0 Å². The van der Waals surface area contributed by atoms with E-state index in [1.54, 1.807) is 12.1 Å². The van der Waals surface area contributed by atoms with E-state index in [2.05, 4.69) is 15.0 Å². The fraction of sp³-hybridized carbons (Fsp3) is 0.500. The van der Waals surface area contributed by atoms with Gasteiger partial charge in [0.2, 0.25) is 0 Å². The van der Waals surface area contributed by atoms with Gasteiger partial charge in [-0.2, -0.15) is 0 Å². The number of nitrogens with zero attached hydrogens (tertiary/aromatic N) is 1. The SMILES string of the molecule is COC(=O)c1ccc(N)c(NCCC2CC2)n1. The molecule has 1 heterocycles. The van der Waals surface area contributed by atoms with Gasteiger partial charge in [0.15, 0.2) is 5.69 Å². The normalized spacial score (nSPS) is 14.4. The fourth-order valence-corrected chi connectivity index (χ4v) is 1.63. The standard InChI is InChI=1S/C12H17N3O2/c1-17-12(16)10-5-4-9(13)11(15-10)14-7-6-8-2-3-8/h4-5,8H,2-3,6-7,13H2,1H3,(H,14,15). The number of ether oxygens (including phenoxy) is 1. The van der Waals surface area contributed by atoms with Gasteiger partial charge in [-0.25, -0.2) is 9.78 Å². The van der Waals surface area contributed by atoms with Crippen molar-refractivity contribution in [1.82, 2.24) is 4.98 Å². The van der Waals surface area contributed by atoms with Gasteiger partial charge < -0.3 is 15.8 Å². The number of nitrogens with two attached hydrogens (primary N) is 1. The van der Waals surface area contributed by atoms with Gasteiger partial charge in [0.1, 0.15) is 5.82 Å². The number of anilines is 2. The summed E-state index contributed by atoms with van der Waals surface area (Å²) in [6, 6.07) is 3.23. The molecule has 3 N–H and O–H groups in total. The second kappa shape index (κ2) is 5.03. The highest BCUT2D eigenvalue weighted by atomic mass is 16.5. The van der Waals surface area contributed by atoms with Crippen molar-refractivity contribution in [2.75, 3.05) is 24.7 Å². The number of rotatable bonds is 5. The highest BCUT2D eigenvalue weighted by Gasteiger charge is 2.20. The summed E-state index contributed by atoms with van der Waals surface area (Å²) in [7, 11) is 1.33. The molecule has 0 aliphatic heterocycles. The molecule has 17 heavy (non-hydrogen) atoms. The molecule has 1 aromatic rings. The predicted molar refractivity (Wildman–Crippen MR) is 65.8 cm³/mol. The second-order valence-electron chi connectivity index (χ2n) is 4.28. The Balaban J connectivity index is 2.00. The number of hydrogen-bond acceptors (Lipinski definition) is 5. The van der Waals surface area contributed by atoms with Crippen molar-refractivity contribution in [2.45, 2.75) is 19.3 Å². The van der Waals surface area contributed by atoms with E-state index < -0.39 is 5.97 Å². The minimum Gasteiger partial charge on any atom is -0.464 e. The van der Waals surface area contributed by atoms with Crippen LogP contribution in [0.5, 0.6) is 0 Å². The summed E-state index contributed by atoms with van der Waals surface area (Å²) in [6.45, 7) is 0.840. The van der Waals surface area contributed by atoms with Crippen molar-refractivity contribution >= 4 is 17.5 Å². The number of aromatic nitrogens is 1. The lowest BCUT2D eigenvalue weighted by molar-refractivity contribution is 0.0594. The van der Waals surface area contributed by atoms with E-state index in [0.717, 1.165) is 18.9 Å². The van der Waals surface area contributed by atoms with Crippen molar-refractivity contribution < 1.29 is 9.53 Å². The Bertz CT molecular complexity index is 416. The monoisotopic (exact) mass is 235 g/mol. The van der Waals surface area contributed by atoms with Crippen LogP contribution in [0, 0.1) is 5.92 Å². The molecule has 1 aromatic heterocycles. The largest absolute Gasteiger partial charge is 0.464 e. The van der Waals surface area contributed by atoms with E-state index in [1.165, 1.54) is 20.0 Å². The summed E-state index contributed by atoms with van der Waals surface area (Å²) < 4.78 is 4.61. The number of nitrogen functional groups attached to an aromatic ring is 1. The van der Waals surface area contributed by atoms with Gasteiger partial charge in [-0.05, 0) is 24.5 Å². The van der Waals surface area contributed by atoms with Gasteiger partial charge in [0, 0.05) is 6.54 Å². The van der Waals surface area contributed by atoms with Gasteiger partial charge in [0.25, 0.3) is 0 Å². The molecular formula is C12H17N3O2. The third-order valence-electron chi connectivity index (χ3n) is 2.86. The molecule has 92 valence electrons. The number of nitrogens with one attached hydrogen (secondary N) is 1. The van der Waals surface area contributed by atoms with E-state index >= 15 is 0 Å². The Kier molecular flexibility index (Phi) is 3.46. The Morgan fingerprint density at radius 3 is 3.00 bits per heavy atom. The first kappa shape index (κ1) is 11.7. The molecule has 1 saturated carbocycles. The van der Waals surface area contributed by atoms with Gasteiger partial charge in [-0.3, -0.25) is 0 Å². The Labute approximate surface area is 100 Å². The third-order valence-corrected chi connectivity index (χ3v) is 2.86. The molecule has 5 heteroatoms. The minimum atomic E-state index is -0.449. The lowest BCUT2D eigenvalue weighted by Crippen LogP contribution is -2.11.